The van der Waals surface area contributed by atoms with E-state index < -0.39 is 51.1 Å². The number of nitrogens with one attached hydrogen (secondary N) is 3. The van der Waals surface area contributed by atoms with Gasteiger partial charge in [0.05, 0.1) is 11.3 Å². The SMILES string of the molecule is C=C1CCC(N2Cc3cc(CCN4CCC5(CC4)CCN(c4ccc(-c6cnc7[nH]cc(C(=O)c8c(F)ccc(NS(=O)(=O)N9CC[C@@H](F)C9)c8F)c7c6)cc4)C5)ccc3C2=O)C(=O)N1. The average molecular weight is 907 g/mol. The normalized spacial score (nSPS) is 21.4. The predicted octanol–water partition coefficient (Wildman–Crippen LogP) is 6.72. The maximum absolute atomic E-state index is 15.8. The summed E-state index contributed by atoms with van der Waals surface area (Å²) in [7, 11) is -4.35. The van der Waals surface area contributed by atoms with Crippen LogP contribution in [-0.4, -0.2) is 108 Å². The highest BCUT2D eigenvalue weighted by molar-refractivity contribution is 7.90. The first kappa shape index (κ1) is 42.9. The molecule has 7 heterocycles. The van der Waals surface area contributed by atoms with E-state index in [1.54, 1.807) is 17.2 Å². The Hall–Kier alpha value is -6.04. The van der Waals surface area contributed by atoms with Crippen molar-refractivity contribution in [2.45, 2.75) is 63.7 Å². The summed E-state index contributed by atoms with van der Waals surface area (Å²) in [5, 5.41) is 3.14. The summed E-state index contributed by atoms with van der Waals surface area (Å²) >= 11 is 0. The molecule has 2 atom stereocenters. The number of amides is 2. The van der Waals surface area contributed by atoms with Crippen molar-refractivity contribution in [1.82, 2.24) is 29.4 Å². The Balaban J connectivity index is 0.753. The van der Waals surface area contributed by atoms with Gasteiger partial charge in [-0.15, -0.1) is 0 Å². The van der Waals surface area contributed by atoms with Gasteiger partial charge < -0.3 is 25.0 Å². The number of carbonyl (C=O) groups is 3. The third-order valence-corrected chi connectivity index (χ3v) is 15.6. The van der Waals surface area contributed by atoms with Crippen LogP contribution in [0.15, 0.2) is 85.3 Å². The molecule has 17 heteroatoms. The smallest absolute Gasteiger partial charge is 0.301 e. The number of aromatic nitrogens is 2. The van der Waals surface area contributed by atoms with Crippen LogP contribution in [0.3, 0.4) is 0 Å². The zero-order valence-electron chi connectivity index (χ0n) is 35.7. The highest BCUT2D eigenvalue weighted by atomic mass is 32.2. The second-order valence-electron chi connectivity index (χ2n) is 18.2. The number of aromatic amines is 1. The Morgan fingerprint density at radius 3 is 2.49 bits per heavy atom. The van der Waals surface area contributed by atoms with E-state index >= 15 is 8.78 Å². The minimum atomic E-state index is -4.35. The number of nitrogens with zero attached hydrogens (tertiary/aromatic N) is 5. The lowest BCUT2D eigenvalue weighted by atomic mass is 9.77. The second kappa shape index (κ2) is 16.7. The topological polar surface area (TPSA) is 151 Å². The molecule has 2 aromatic heterocycles. The van der Waals surface area contributed by atoms with E-state index in [9.17, 15) is 27.2 Å². The van der Waals surface area contributed by atoms with Gasteiger partial charge in [0.25, 0.3) is 5.91 Å². The molecular weight excluding hydrogens is 858 g/mol. The molecule has 1 spiro atoms. The van der Waals surface area contributed by atoms with Crippen molar-refractivity contribution in [2.24, 2.45) is 5.41 Å². The number of fused-ring (bicyclic) bond motifs is 2. The van der Waals surface area contributed by atoms with Crippen LogP contribution in [0.1, 0.15) is 75.9 Å². The van der Waals surface area contributed by atoms with Gasteiger partial charge in [-0.1, -0.05) is 30.8 Å². The number of H-pyrrole nitrogens is 1. The molecule has 5 aliphatic rings. The van der Waals surface area contributed by atoms with Crippen LogP contribution in [-0.2, 0) is 28.0 Å². The van der Waals surface area contributed by atoms with Gasteiger partial charge in [-0.3, -0.25) is 19.1 Å². The number of hydrogen-bond donors (Lipinski definition) is 3. The largest absolute Gasteiger partial charge is 0.371 e. The Labute approximate surface area is 374 Å². The number of allylic oxidation sites excluding steroid dienone is 1. The van der Waals surface area contributed by atoms with E-state index in [1.165, 1.54) is 11.8 Å². The third-order valence-electron chi connectivity index (χ3n) is 14.1. The second-order valence-corrected chi connectivity index (χ2v) is 19.8. The molecule has 338 valence electrons. The van der Waals surface area contributed by atoms with Gasteiger partial charge in [0.15, 0.2) is 5.82 Å². The molecule has 1 unspecified atom stereocenters. The fourth-order valence-electron chi connectivity index (χ4n) is 10.3. The minimum Gasteiger partial charge on any atom is -0.371 e. The minimum absolute atomic E-state index is 0.00676. The van der Waals surface area contributed by atoms with Gasteiger partial charge in [0.2, 0.25) is 11.7 Å². The quantitative estimate of drug-likeness (QED) is 0.124. The van der Waals surface area contributed by atoms with Crippen LogP contribution in [0.2, 0.25) is 0 Å². The van der Waals surface area contributed by atoms with Crippen molar-refractivity contribution in [3.05, 3.63) is 125 Å². The van der Waals surface area contributed by atoms with Crippen LogP contribution in [0, 0.1) is 17.0 Å². The fourth-order valence-corrected chi connectivity index (χ4v) is 11.5. The predicted molar refractivity (Wildman–Crippen MR) is 240 cm³/mol. The van der Waals surface area contributed by atoms with Crippen molar-refractivity contribution >= 4 is 50.2 Å². The summed E-state index contributed by atoms with van der Waals surface area (Å²) in [5.74, 6) is -3.77. The number of rotatable bonds is 11. The van der Waals surface area contributed by atoms with Crippen molar-refractivity contribution in [2.75, 3.05) is 55.4 Å². The summed E-state index contributed by atoms with van der Waals surface area (Å²) in [6, 6.07) is 17.2. The van der Waals surface area contributed by atoms with Crippen molar-refractivity contribution < 1.29 is 36.0 Å². The molecule has 13 nitrogen and oxygen atoms in total. The molecule has 0 saturated carbocycles. The number of pyridine rings is 1. The average Bonchev–Trinajstić information content (AvgIpc) is 4.10. The van der Waals surface area contributed by atoms with Crippen molar-refractivity contribution in [1.29, 1.82) is 0 Å². The van der Waals surface area contributed by atoms with Gasteiger partial charge in [-0.25, -0.2) is 18.2 Å². The zero-order valence-corrected chi connectivity index (χ0v) is 36.5. The lowest BCUT2D eigenvalue weighted by molar-refractivity contribution is -0.126. The highest BCUT2D eigenvalue weighted by Gasteiger charge is 2.41. The van der Waals surface area contributed by atoms with Gasteiger partial charge in [-0.05, 0) is 117 Å². The van der Waals surface area contributed by atoms with Crippen LogP contribution >= 0.6 is 0 Å². The summed E-state index contributed by atoms with van der Waals surface area (Å²) in [5.41, 5.74) is 5.20. The number of alkyl halides is 1. The number of anilines is 2. The summed E-state index contributed by atoms with van der Waals surface area (Å²) in [6.07, 6.45) is 7.14. The van der Waals surface area contributed by atoms with Gasteiger partial charge >= 0.3 is 10.2 Å². The van der Waals surface area contributed by atoms with Crippen molar-refractivity contribution in [3.63, 3.8) is 0 Å². The number of carbonyl (C=O) groups excluding carboxylic acids is 3. The van der Waals surface area contributed by atoms with Crippen LogP contribution in [0.25, 0.3) is 22.2 Å². The Morgan fingerprint density at radius 1 is 0.954 bits per heavy atom. The van der Waals surface area contributed by atoms with E-state index in [-0.39, 0.29) is 42.3 Å². The third kappa shape index (κ3) is 8.18. The number of ketones is 1. The zero-order chi connectivity index (χ0) is 45.2. The molecule has 4 saturated heterocycles. The first-order chi connectivity index (χ1) is 31.2. The van der Waals surface area contributed by atoms with Crippen LogP contribution < -0.4 is 14.9 Å². The van der Waals surface area contributed by atoms with E-state index in [4.69, 9.17) is 0 Å². The van der Waals surface area contributed by atoms with Crippen LogP contribution in [0.5, 0.6) is 0 Å². The molecular formula is C48H49F3N8O5S. The summed E-state index contributed by atoms with van der Waals surface area (Å²) in [6.45, 7) is 8.75. The number of benzene rings is 3. The van der Waals surface area contributed by atoms with E-state index in [2.05, 4.69) is 49.9 Å². The summed E-state index contributed by atoms with van der Waals surface area (Å²) < 4.78 is 73.2. The number of likely N-dealkylation sites (tertiary alicyclic amines) is 1. The first-order valence-corrected chi connectivity index (χ1v) is 23.6. The number of piperidine rings is 2. The van der Waals surface area contributed by atoms with Crippen molar-refractivity contribution in [3.8, 4) is 11.1 Å². The molecule has 5 aromatic rings. The van der Waals surface area contributed by atoms with Gasteiger partial charge in [0, 0.05) is 85.1 Å². The van der Waals surface area contributed by atoms with E-state index in [0.29, 0.717) is 47.2 Å². The molecule has 3 aromatic carbocycles. The standard InChI is InChI=1S/C48H49F3N8O5S/c1-29-2-11-41(46(61)54-29)59-26-33-22-30(3-8-36(33)47(59)62)12-17-56-19-14-48(15-20-56)16-21-57(28-48)35-6-4-31(5-7-35)32-23-37-38(25-53-45(37)52-24-32)44(60)42-39(50)9-10-40(43(42)51)55-65(63,64)58-18-13-34(49)27-58/h3-10,22-25,34,41,55H,1-2,11-21,26-28H2,(H,52,53)(H,54,61)/t34-,41?/m1/s1. The lowest BCUT2D eigenvalue weighted by Gasteiger charge is -2.39. The highest BCUT2D eigenvalue weighted by Crippen LogP contribution is 2.42. The van der Waals surface area contributed by atoms with Crippen LogP contribution in [0.4, 0.5) is 24.5 Å². The van der Waals surface area contributed by atoms with E-state index in [1.807, 2.05) is 29.0 Å². The molecule has 0 radical (unpaired) electrons. The Morgan fingerprint density at radius 2 is 1.74 bits per heavy atom. The maximum Gasteiger partial charge on any atom is 0.301 e. The first-order valence-electron chi connectivity index (χ1n) is 22.2. The number of halogens is 3. The fraction of sp³-hybridized carbons (Fsp3) is 0.375. The molecule has 10 rings (SSSR count). The summed E-state index contributed by atoms with van der Waals surface area (Å²) in [4.78, 5) is 53.6. The Bertz CT molecular complexity index is 2860. The maximum atomic E-state index is 15.8. The van der Waals surface area contributed by atoms with Gasteiger partial charge in [0.1, 0.15) is 23.7 Å². The van der Waals surface area contributed by atoms with Gasteiger partial charge in [-0.2, -0.15) is 12.7 Å². The molecule has 0 aliphatic carbocycles. The lowest BCUT2D eigenvalue weighted by Crippen LogP contribution is -2.49. The number of hydrogen-bond acceptors (Lipinski definition) is 8. The molecule has 65 heavy (non-hydrogen) atoms. The van der Waals surface area contributed by atoms with E-state index in [0.717, 1.165) is 91.7 Å². The molecule has 0 bridgehead atoms. The molecule has 3 N–H and O–H groups in total. The molecule has 2 amide bonds. The molecule has 4 fully saturated rings. The Kier molecular flexibility index (Phi) is 11.1. The molecule has 5 aliphatic heterocycles. The monoisotopic (exact) mass is 906 g/mol.